The van der Waals surface area contributed by atoms with Crippen LogP contribution in [0, 0.1) is 0 Å². The first-order chi connectivity index (χ1) is 17.8. The Kier molecular flexibility index (Phi) is 8.52. The van der Waals surface area contributed by atoms with Crippen LogP contribution in [0.4, 0.5) is 0 Å². The fourth-order valence-corrected chi connectivity index (χ4v) is 4.64. The lowest BCUT2D eigenvalue weighted by molar-refractivity contribution is 0.120. The summed E-state index contributed by atoms with van der Waals surface area (Å²) in [6, 6.07) is 8.25. The van der Waals surface area contributed by atoms with E-state index in [9.17, 15) is 0 Å². The molecule has 5 heterocycles. The van der Waals surface area contributed by atoms with Crippen LogP contribution < -0.4 is 0 Å². The van der Waals surface area contributed by atoms with Gasteiger partial charge in [-0.1, -0.05) is 0 Å². The molecular formula is C24H36N12. The Hall–Kier alpha value is -3.32. The van der Waals surface area contributed by atoms with E-state index in [0.717, 1.165) is 101 Å². The summed E-state index contributed by atoms with van der Waals surface area (Å²) in [6.45, 7) is 11.1. The van der Waals surface area contributed by atoms with E-state index in [4.69, 9.17) is 0 Å². The summed E-state index contributed by atoms with van der Waals surface area (Å²) in [7, 11) is 0. The Morgan fingerprint density at radius 1 is 0.417 bits per heavy atom. The predicted molar refractivity (Wildman–Crippen MR) is 135 cm³/mol. The Bertz CT molecular complexity index is 882. The Morgan fingerprint density at radius 2 is 0.639 bits per heavy atom. The summed E-state index contributed by atoms with van der Waals surface area (Å²) in [5.41, 5.74) is 4.30. The molecule has 1 aliphatic heterocycles. The molecule has 5 rings (SSSR count). The van der Waals surface area contributed by atoms with Gasteiger partial charge in [0.2, 0.25) is 0 Å². The predicted octanol–water partition coefficient (Wildman–Crippen LogP) is 0.901. The molecule has 1 aliphatic rings. The van der Waals surface area contributed by atoms with E-state index in [1.807, 2.05) is 24.8 Å². The largest absolute Gasteiger partial charge is 0.295 e. The third-order valence-corrected chi connectivity index (χ3v) is 6.71. The van der Waals surface area contributed by atoms with E-state index >= 15 is 0 Å². The molecule has 4 aromatic heterocycles. The summed E-state index contributed by atoms with van der Waals surface area (Å²) >= 11 is 0. The fourth-order valence-electron chi connectivity index (χ4n) is 4.64. The molecule has 4 N–H and O–H groups in total. The summed E-state index contributed by atoms with van der Waals surface area (Å²) < 4.78 is 0. The molecule has 0 radical (unpaired) electrons. The molecule has 1 saturated heterocycles. The van der Waals surface area contributed by atoms with E-state index in [1.54, 1.807) is 0 Å². The highest BCUT2D eigenvalue weighted by atomic mass is 15.3. The molecule has 4 aromatic rings. The smallest absolute Gasteiger partial charge is 0.0762 e. The quantitative estimate of drug-likeness (QED) is 0.286. The van der Waals surface area contributed by atoms with Gasteiger partial charge < -0.3 is 0 Å². The van der Waals surface area contributed by atoms with Crippen LogP contribution in [0.15, 0.2) is 49.1 Å². The van der Waals surface area contributed by atoms with Crippen LogP contribution in [-0.4, -0.2) is 113 Å². The standard InChI is InChI=1S/C24H36N12/c1-5-25-29-21(1)17-33-9-11-34(18-22-2-6-26-30-22)13-15-36(20-24-4-8-28-32-24)16-14-35(12-10-33)19-23-3-7-27-31-23/h1-8H,9-20H2,(H,25,29)(H,26,30)(H,27,31)(H,28,32). The van der Waals surface area contributed by atoms with Crippen molar-refractivity contribution in [1.82, 2.24) is 60.4 Å². The highest BCUT2D eigenvalue weighted by Gasteiger charge is 2.19. The third-order valence-electron chi connectivity index (χ3n) is 6.71. The van der Waals surface area contributed by atoms with Crippen molar-refractivity contribution >= 4 is 0 Å². The maximum atomic E-state index is 4.41. The van der Waals surface area contributed by atoms with Crippen LogP contribution >= 0.6 is 0 Å². The molecule has 1 fully saturated rings. The zero-order valence-corrected chi connectivity index (χ0v) is 20.7. The van der Waals surface area contributed by atoms with E-state index < -0.39 is 0 Å². The minimum atomic E-state index is 0.835. The van der Waals surface area contributed by atoms with Crippen molar-refractivity contribution in [1.29, 1.82) is 0 Å². The number of H-pyrrole nitrogens is 4. The molecule has 36 heavy (non-hydrogen) atoms. The first kappa shape index (κ1) is 24.4. The van der Waals surface area contributed by atoms with E-state index in [1.165, 1.54) is 0 Å². The minimum absolute atomic E-state index is 0.835. The number of nitrogens with one attached hydrogen (secondary N) is 4. The number of aromatic nitrogens is 8. The van der Waals surface area contributed by atoms with Crippen LogP contribution in [0.1, 0.15) is 22.8 Å². The lowest BCUT2D eigenvalue weighted by Gasteiger charge is -2.33. The third kappa shape index (κ3) is 7.34. The lowest BCUT2D eigenvalue weighted by Crippen LogP contribution is -2.45. The first-order valence-corrected chi connectivity index (χ1v) is 12.6. The normalized spacial score (nSPS) is 18.2. The number of hydrogen-bond acceptors (Lipinski definition) is 8. The van der Waals surface area contributed by atoms with Crippen molar-refractivity contribution in [3.63, 3.8) is 0 Å². The van der Waals surface area contributed by atoms with Gasteiger partial charge in [0.1, 0.15) is 0 Å². The molecule has 12 heteroatoms. The topological polar surface area (TPSA) is 128 Å². The molecular weight excluding hydrogens is 456 g/mol. The van der Waals surface area contributed by atoms with Gasteiger partial charge in [-0.15, -0.1) is 0 Å². The van der Waals surface area contributed by atoms with Crippen molar-refractivity contribution in [3.8, 4) is 0 Å². The number of rotatable bonds is 8. The lowest BCUT2D eigenvalue weighted by atomic mass is 10.2. The number of hydrogen-bond donors (Lipinski definition) is 4. The molecule has 0 atom stereocenters. The molecule has 0 amide bonds. The van der Waals surface area contributed by atoms with Crippen molar-refractivity contribution in [2.75, 3.05) is 52.4 Å². The average Bonchev–Trinajstić information content (AvgIpc) is 3.69. The van der Waals surface area contributed by atoms with Crippen LogP contribution in [0.2, 0.25) is 0 Å². The highest BCUT2D eigenvalue weighted by molar-refractivity contribution is 5.00. The molecule has 0 unspecified atom stereocenters. The van der Waals surface area contributed by atoms with Crippen LogP contribution in [-0.2, 0) is 26.2 Å². The summed E-state index contributed by atoms with van der Waals surface area (Å²) in [5.74, 6) is 0. The van der Waals surface area contributed by atoms with Gasteiger partial charge in [-0.2, -0.15) is 20.4 Å². The van der Waals surface area contributed by atoms with Gasteiger partial charge in [0.15, 0.2) is 0 Å². The van der Waals surface area contributed by atoms with Gasteiger partial charge in [-0.05, 0) is 24.3 Å². The molecule has 12 nitrogen and oxygen atoms in total. The summed E-state index contributed by atoms with van der Waals surface area (Å²) in [5, 5.41) is 29.4. The Morgan fingerprint density at radius 3 is 0.806 bits per heavy atom. The van der Waals surface area contributed by atoms with E-state index in [-0.39, 0.29) is 0 Å². The molecule has 192 valence electrons. The fraction of sp³-hybridized carbons (Fsp3) is 0.500. The Balaban J connectivity index is 1.31. The SMILES string of the molecule is c1cc(CN2CCN(Cc3cc[nH]n3)CCN(Cc3cc[nH]n3)CCN(Cc3cc[nH]n3)CC2)n[nH]1. The maximum absolute atomic E-state index is 4.41. The van der Waals surface area contributed by atoms with Crippen LogP contribution in [0.25, 0.3) is 0 Å². The maximum Gasteiger partial charge on any atom is 0.0762 e. The average molecular weight is 493 g/mol. The highest BCUT2D eigenvalue weighted by Crippen LogP contribution is 2.10. The number of aromatic amines is 4. The molecule has 0 spiro atoms. The minimum Gasteiger partial charge on any atom is -0.295 e. The summed E-state index contributed by atoms with van der Waals surface area (Å²) in [4.78, 5) is 10.0. The second-order valence-corrected chi connectivity index (χ2v) is 9.37. The van der Waals surface area contributed by atoms with Crippen molar-refractivity contribution in [3.05, 3.63) is 71.8 Å². The zero-order chi connectivity index (χ0) is 24.4. The molecule has 0 aliphatic carbocycles. The monoisotopic (exact) mass is 492 g/mol. The van der Waals surface area contributed by atoms with Crippen molar-refractivity contribution < 1.29 is 0 Å². The van der Waals surface area contributed by atoms with Crippen LogP contribution in [0.5, 0.6) is 0 Å². The molecule has 0 aromatic carbocycles. The van der Waals surface area contributed by atoms with Gasteiger partial charge in [0.05, 0.1) is 22.8 Å². The molecule has 0 bridgehead atoms. The molecule has 0 saturated carbocycles. The Labute approximate surface area is 211 Å². The second kappa shape index (κ2) is 12.6. The van der Waals surface area contributed by atoms with Gasteiger partial charge in [0.25, 0.3) is 0 Å². The number of nitrogens with zero attached hydrogens (tertiary/aromatic N) is 8. The van der Waals surface area contributed by atoms with Gasteiger partial charge in [-0.3, -0.25) is 40.0 Å². The van der Waals surface area contributed by atoms with E-state index in [2.05, 4.69) is 84.7 Å². The zero-order valence-electron chi connectivity index (χ0n) is 20.7. The summed E-state index contributed by atoms with van der Waals surface area (Å²) in [6.07, 6.45) is 7.59. The van der Waals surface area contributed by atoms with Gasteiger partial charge in [0, 0.05) is 103 Å². The second-order valence-electron chi connectivity index (χ2n) is 9.37. The van der Waals surface area contributed by atoms with Crippen molar-refractivity contribution in [2.24, 2.45) is 0 Å². The van der Waals surface area contributed by atoms with Gasteiger partial charge >= 0.3 is 0 Å². The van der Waals surface area contributed by atoms with Crippen molar-refractivity contribution in [2.45, 2.75) is 26.2 Å². The van der Waals surface area contributed by atoms with Gasteiger partial charge in [-0.25, -0.2) is 0 Å². The van der Waals surface area contributed by atoms with E-state index in [0.29, 0.717) is 0 Å². The van der Waals surface area contributed by atoms with Crippen LogP contribution in [0.3, 0.4) is 0 Å². The first-order valence-electron chi connectivity index (χ1n) is 12.6.